The summed E-state index contributed by atoms with van der Waals surface area (Å²) >= 11 is 0. The lowest BCUT2D eigenvalue weighted by Crippen LogP contribution is -2.32. The molecule has 0 fully saturated rings. The molecule has 0 bridgehead atoms. The Hall–Kier alpha value is -0.840. The Labute approximate surface area is 104 Å². The van der Waals surface area contributed by atoms with Crippen LogP contribution in [0.4, 0.5) is 0 Å². The van der Waals surface area contributed by atoms with Gasteiger partial charge in [0.15, 0.2) is 0 Å². The van der Waals surface area contributed by atoms with E-state index in [2.05, 4.69) is 30.8 Å². The second-order valence-electron chi connectivity index (χ2n) is 4.65. The first-order chi connectivity index (χ1) is 8.17. The van der Waals surface area contributed by atoms with Crippen LogP contribution < -0.4 is 5.73 Å². The highest BCUT2D eigenvalue weighted by molar-refractivity contribution is 5.16. The molecule has 1 heterocycles. The van der Waals surface area contributed by atoms with Gasteiger partial charge < -0.3 is 15.1 Å². The summed E-state index contributed by atoms with van der Waals surface area (Å²) in [7, 11) is 4.20. The SMILES string of the molecule is CCCN(CCN(C)C)Cc1occc1CN. The van der Waals surface area contributed by atoms with Gasteiger partial charge in [-0.2, -0.15) is 0 Å². The zero-order valence-corrected chi connectivity index (χ0v) is 11.3. The predicted molar refractivity (Wildman–Crippen MR) is 70.7 cm³/mol. The van der Waals surface area contributed by atoms with Gasteiger partial charge in [0.25, 0.3) is 0 Å². The summed E-state index contributed by atoms with van der Waals surface area (Å²) in [5, 5.41) is 0. The molecule has 4 heteroatoms. The molecule has 17 heavy (non-hydrogen) atoms. The molecule has 0 aliphatic heterocycles. The Morgan fingerprint density at radius 1 is 1.24 bits per heavy atom. The smallest absolute Gasteiger partial charge is 0.122 e. The van der Waals surface area contributed by atoms with Gasteiger partial charge in [-0.3, -0.25) is 4.90 Å². The highest BCUT2D eigenvalue weighted by Crippen LogP contribution is 2.12. The molecule has 0 radical (unpaired) electrons. The molecule has 0 aliphatic rings. The van der Waals surface area contributed by atoms with Crippen molar-refractivity contribution in [3.8, 4) is 0 Å². The van der Waals surface area contributed by atoms with Crippen LogP contribution in [0.1, 0.15) is 24.7 Å². The van der Waals surface area contributed by atoms with E-state index < -0.39 is 0 Å². The molecule has 1 aromatic heterocycles. The van der Waals surface area contributed by atoms with Crippen molar-refractivity contribution in [3.05, 3.63) is 23.7 Å². The Balaban J connectivity index is 2.53. The molecule has 0 aliphatic carbocycles. The first kappa shape index (κ1) is 14.2. The van der Waals surface area contributed by atoms with Gasteiger partial charge in [-0.25, -0.2) is 0 Å². The van der Waals surface area contributed by atoms with E-state index >= 15 is 0 Å². The van der Waals surface area contributed by atoms with Gasteiger partial charge >= 0.3 is 0 Å². The van der Waals surface area contributed by atoms with Crippen LogP contribution in [0, 0.1) is 0 Å². The molecular formula is C13H25N3O. The fraction of sp³-hybridized carbons (Fsp3) is 0.692. The van der Waals surface area contributed by atoms with Gasteiger partial charge in [0.2, 0.25) is 0 Å². The van der Waals surface area contributed by atoms with Crippen LogP contribution in [-0.2, 0) is 13.1 Å². The lowest BCUT2D eigenvalue weighted by atomic mass is 10.2. The molecule has 0 saturated carbocycles. The first-order valence-electron chi connectivity index (χ1n) is 6.29. The fourth-order valence-corrected chi connectivity index (χ4v) is 1.82. The summed E-state index contributed by atoms with van der Waals surface area (Å²) in [5.41, 5.74) is 6.80. The third-order valence-corrected chi connectivity index (χ3v) is 2.83. The average molecular weight is 239 g/mol. The molecule has 0 amide bonds. The molecular weight excluding hydrogens is 214 g/mol. The Kier molecular flexibility index (Phi) is 6.26. The molecule has 0 atom stereocenters. The van der Waals surface area contributed by atoms with E-state index in [4.69, 9.17) is 10.2 Å². The molecule has 0 aromatic carbocycles. The normalized spacial score (nSPS) is 11.6. The Morgan fingerprint density at radius 2 is 2.00 bits per heavy atom. The third-order valence-electron chi connectivity index (χ3n) is 2.83. The standard InChI is InChI=1S/C13H25N3O/c1-4-6-16(8-7-15(2)3)11-13-12(10-14)5-9-17-13/h5,9H,4,6-8,10-11,14H2,1-3H3. The average Bonchev–Trinajstić information content (AvgIpc) is 2.73. The quantitative estimate of drug-likeness (QED) is 0.747. The molecule has 98 valence electrons. The van der Waals surface area contributed by atoms with Crippen molar-refractivity contribution >= 4 is 0 Å². The van der Waals surface area contributed by atoms with Gasteiger partial charge in [0.1, 0.15) is 5.76 Å². The van der Waals surface area contributed by atoms with Crippen LogP contribution in [-0.4, -0.2) is 43.5 Å². The maximum atomic E-state index is 5.68. The largest absolute Gasteiger partial charge is 0.468 e. The summed E-state index contributed by atoms with van der Waals surface area (Å²) in [4.78, 5) is 4.62. The minimum Gasteiger partial charge on any atom is -0.468 e. The maximum Gasteiger partial charge on any atom is 0.122 e. The summed E-state index contributed by atoms with van der Waals surface area (Å²) in [5.74, 6) is 1.01. The molecule has 1 aromatic rings. The van der Waals surface area contributed by atoms with Crippen LogP contribution in [0.5, 0.6) is 0 Å². The van der Waals surface area contributed by atoms with Crippen molar-refractivity contribution < 1.29 is 4.42 Å². The maximum absolute atomic E-state index is 5.68. The highest BCUT2D eigenvalue weighted by Gasteiger charge is 2.10. The Morgan fingerprint density at radius 3 is 2.59 bits per heavy atom. The van der Waals surface area contributed by atoms with Crippen molar-refractivity contribution in [1.29, 1.82) is 0 Å². The second-order valence-corrected chi connectivity index (χ2v) is 4.65. The number of likely N-dealkylation sites (N-methyl/N-ethyl adjacent to an activating group) is 1. The van der Waals surface area contributed by atoms with Crippen LogP contribution in [0.15, 0.2) is 16.7 Å². The highest BCUT2D eigenvalue weighted by atomic mass is 16.3. The van der Waals surface area contributed by atoms with Crippen molar-refractivity contribution in [2.24, 2.45) is 5.73 Å². The number of rotatable bonds is 8. The molecule has 4 nitrogen and oxygen atoms in total. The minimum atomic E-state index is 0.555. The zero-order valence-electron chi connectivity index (χ0n) is 11.3. The van der Waals surface area contributed by atoms with E-state index in [1.165, 1.54) is 0 Å². The van der Waals surface area contributed by atoms with Crippen LogP contribution >= 0.6 is 0 Å². The zero-order chi connectivity index (χ0) is 12.7. The van der Waals surface area contributed by atoms with E-state index in [9.17, 15) is 0 Å². The van der Waals surface area contributed by atoms with Crippen LogP contribution in [0.3, 0.4) is 0 Å². The summed E-state index contributed by atoms with van der Waals surface area (Å²) in [6.07, 6.45) is 2.89. The van der Waals surface area contributed by atoms with Gasteiger partial charge in [-0.05, 0) is 33.1 Å². The predicted octanol–water partition coefficient (Wildman–Crippen LogP) is 1.51. The van der Waals surface area contributed by atoms with E-state index in [-0.39, 0.29) is 0 Å². The fourth-order valence-electron chi connectivity index (χ4n) is 1.82. The molecule has 0 spiro atoms. The van der Waals surface area contributed by atoms with Gasteiger partial charge in [-0.15, -0.1) is 0 Å². The van der Waals surface area contributed by atoms with Crippen LogP contribution in [0.25, 0.3) is 0 Å². The first-order valence-corrected chi connectivity index (χ1v) is 6.29. The number of hydrogen-bond acceptors (Lipinski definition) is 4. The van der Waals surface area contributed by atoms with Crippen molar-refractivity contribution in [3.63, 3.8) is 0 Å². The number of nitrogens with zero attached hydrogens (tertiary/aromatic N) is 2. The summed E-state index contributed by atoms with van der Waals surface area (Å²) < 4.78 is 5.50. The monoisotopic (exact) mass is 239 g/mol. The van der Waals surface area contributed by atoms with E-state index in [1.807, 2.05) is 6.07 Å². The van der Waals surface area contributed by atoms with Gasteiger partial charge in [0.05, 0.1) is 12.8 Å². The van der Waals surface area contributed by atoms with Crippen molar-refractivity contribution in [1.82, 2.24) is 9.80 Å². The summed E-state index contributed by atoms with van der Waals surface area (Å²) in [6.45, 7) is 6.85. The summed E-state index contributed by atoms with van der Waals surface area (Å²) in [6, 6.07) is 1.96. The third kappa shape index (κ3) is 4.89. The molecule has 1 rings (SSSR count). The topological polar surface area (TPSA) is 45.6 Å². The number of furan rings is 1. The molecule has 2 N–H and O–H groups in total. The second kappa shape index (κ2) is 7.48. The van der Waals surface area contributed by atoms with E-state index in [1.54, 1.807) is 6.26 Å². The minimum absolute atomic E-state index is 0.555. The van der Waals surface area contributed by atoms with Gasteiger partial charge in [-0.1, -0.05) is 6.92 Å². The van der Waals surface area contributed by atoms with Crippen LogP contribution in [0.2, 0.25) is 0 Å². The number of nitrogens with two attached hydrogens (primary N) is 1. The molecule has 0 unspecified atom stereocenters. The van der Waals surface area contributed by atoms with E-state index in [0.717, 1.165) is 43.9 Å². The van der Waals surface area contributed by atoms with Crippen molar-refractivity contribution in [2.75, 3.05) is 33.7 Å². The van der Waals surface area contributed by atoms with Crippen molar-refractivity contribution in [2.45, 2.75) is 26.4 Å². The van der Waals surface area contributed by atoms with E-state index in [0.29, 0.717) is 6.54 Å². The van der Waals surface area contributed by atoms with Gasteiger partial charge in [0, 0.05) is 25.2 Å². The Bertz CT molecular complexity index is 309. The number of hydrogen-bond donors (Lipinski definition) is 1. The molecule has 0 saturated heterocycles. The lowest BCUT2D eigenvalue weighted by molar-refractivity contribution is 0.217. The lowest BCUT2D eigenvalue weighted by Gasteiger charge is -2.23.